The lowest BCUT2D eigenvalue weighted by molar-refractivity contribution is -0.142. The number of nitrogens with zero attached hydrogens (tertiary/aromatic N) is 3. The van der Waals surface area contributed by atoms with E-state index in [1.807, 2.05) is 6.92 Å². The maximum absolute atomic E-state index is 13.6. The molecule has 2 aromatic heterocycles. The van der Waals surface area contributed by atoms with Crippen molar-refractivity contribution in [3.63, 3.8) is 0 Å². The number of nitrogens with one attached hydrogen (secondary N) is 1. The maximum atomic E-state index is 13.6. The highest BCUT2D eigenvalue weighted by Gasteiger charge is 2.36. The number of aromatic nitrogens is 3. The number of benzene rings is 1. The summed E-state index contributed by atoms with van der Waals surface area (Å²) < 4.78 is 42.3. The molecule has 0 saturated heterocycles. The summed E-state index contributed by atoms with van der Waals surface area (Å²) in [5.41, 5.74) is -1.06. The molecule has 0 spiro atoms. The molecule has 0 unspecified atom stereocenters. The van der Waals surface area contributed by atoms with Crippen LogP contribution in [0.3, 0.4) is 0 Å². The van der Waals surface area contributed by atoms with Crippen LogP contribution in [0.2, 0.25) is 5.02 Å². The first-order chi connectivity index (χ1) is 13.1. The lowest BCUT2D eigenvalue weighted by Crippen LogP contribution is -2.32. The standard InChI is InChI=1S/C18H15BrClF3N4O/c1-3-9(2)24-17(28)15-14(20)16-25-12(10-4-6-11(19)7-5-10)8-13(18(21,22)23)27(16)26-15/h4-9H,3H2,1-2H3,(H,24,28)/t9-/m1/s1. The Hall–Kier alpha value is -2.13. The van der Waals surface area contributed by atoms with E-state index in [1.165, 1.54) is 0 Å². The predicted molar refractivity (Wildman–Crippen MR) is 103 cm³/mol. The Morgan fingerprint density at radius 2 is 1.96 bits per heavy atom. The van der Waals surface area contributed by atoms with Crippen molar-refractivity contribution in [2.45, 2.75) is 32.5 Å². The minimum Gasteiger partial charge on any atom is -0.348 e. The molecule has 3 aromatic rings. The predicted octanol–water partition coefficient (Wildman–Crippen LogP) is 5.36. The molecule has 10 heteroatoms. The second-order valence-corrected chi connectivity index (χ2v) is 7.51. The third-order valence-electron chi connectivity index (χ3n) is 4.17. The fourth-order valence-corrected chi connectivity index (χ4v) is 3.01. The van der Waals surface area contributed by atoms with Crippen molar-refractivity contribution >= 4 is 39.1 Å². The summed E-state index contributed by atoms with van der Waals surface area (Å²) in [5.74, 6) is -0.650. The molecule has 0 bridgehead atoms. The quantitative estimate of drug-likeness (QED) is 0.553. The zero-order chi connectivity index (χ0) is 20.6. The SMILES string of the molecule is CC[C@@H](C)NC(=O)c1nn2c(C(F)(F)F)cc(-c3ccc(Br)cc3)nc2c1Cl. The second kappa shape index (κ2) is 7.71. The lowest BCUT2D eigenvalue weighted by Gasteiger charge is -2.11. The molecule has 0 radical (unpaired) electrons. The first-order valence-corrected chi connectivity index (χ1v) is 9.52. The van der Waals surface area contributed by atoms with E-state index in [4.69, 9.17) is 11.6 Å². The van der Waals surface area contributed by atoms with Gasteiger partial charge in [0.25, 0.3) is 5.91 Å². The van der Waals surface area contributed by atoms with Crippen LogP contribution in [0.1, 0.15) is 36.5 Å². The average Bonchev–Trinajstić information content (AvgIpc) is 2.97. The van der Waals surface area contributed by atoms with Crippen LogP contribution in [0, 0.1) is 0 Å². The molecular weight excluding hydrogens is 461 g/mol. The third kappa shape index (κ3) is 4.00. The Bertz CT molecular complexity index is 1030. The molecule has 0 saturated carbocycles. The van der Waals surface area contributed by atoms with E-state index >= 15 is 0 Å². The van der Waals surface area contributed by atoms with Gasteiger partial charge in [-0.25, -0.2) is 9.50 Å². The molecule has 0 aliphatic heterocycles. The average molecular weight is 476 g/mol. The number of rotatable bonds is 4. The van der Waals surface area contributed by atoms with E-state index in [9.17, 15) is 18.0 Å². The van der Waals surface area contributed by atoms with Crippen LogP contribution in [0.25, 0.3) is 16.9 Å². The topological polar surface area (TPSA) is 59.3 Å². The van der Waals surface area contributed by atoms with Gasteiger partial charge in [-0.2, -0.15) is 18.3 Å². The molecule has 2 heterocycles. The monoisotopic (exact) mass is 474 g/mol. The summed E-state index contributed by atoms with van der Waals surface area (Å²) in [7, 11) is 0. The molecule has 148 valence electrons. The molecule has 1 N–H and O–H groups in total. The number of fused-ring (bicyclic) bond motifs is 1. The largest absolute Gasteiger partial charge is 0.433 e. The molecule has 0 aliphatic carbocycles. The highest BCUT2D eigenvalue weighted by Crippen LogP contribution is 2.34. The van der Waals surface area contributed by atoms with Gasteiger partial charge in [-0.15, -0.1) is 0 Å². The number of amides is 1. The minimum absolute atomic E-state index is 0.0722. The summed E-state index contributed by atoms with van der Waals surface area (Å²) in [6.07, 6.45) is -4.07. The smallest absolute Gasteiger partial charge is 0.348 e. The van der Waals surface area contributed by atoms with Gasteiger partial charge < -0.3 is 5.32 Å². The van der Waals surface area contributed by atoms with Gasteiger partial charge in [-0.05, 0) is 31.5 Å². The van der Waals surface area contributed by atoms with E-state index in [-0.39, 0.29) is 28.1 Å². The van der Waals surface area contributed by atoms with Gasteiger partial charge in [-0.3, -0.25) is 4.79 Å². The number of hydrogen-bond acceptors (Lipinski definition) is 3. The van der Waals surface area contributed by atoms with Crippen LogP contribution >= 0.6 is 27.5 Å². The van der Waals surface area contributed by atoms with Gasteiger partial charge in [0.1, 0.15) is 5.02 Å². The molecule has 0 fully saturated rings. The molecule has 5 nitrogen and oxygen atoms in total. The van der Waals surface area contributed by atoms with Gasteiger partial charge in [0.2, 0.25) is 0 Å². The van der Waals surface area contributed by atoms with Gasteiger partial charge >= 0.3 is 6.18 Å². The van der Waals surface area contributed by atoms with Crippen molar-refractivity contribution in [3.05, 3.63) is 51.2 Å². The Morgan fingerprint density at radius 1 is 1.32 bits per heavy atom. The van der Waals surface area contributed by atoms with Crippen LogP contribution in [0.15, 0.2) is 34.8 Å². The van der Waals surface area contributed by atoms with Crippen molar-refractivity contribution < 1.29 is 18.0 Å². The van der Waals surface area contributed by atoms with E-state index in [1.54, 1.807) is 31.2 Å². The number of alkyl halides is 3. The molecule has 28 heavy (non-hydrogen) atoms. The number of carbonyl (C=O) groups is 1. The van der Waals surface area contributed by atoms with Gasteiger partial charge in [0.05, 0.1) is 5.69 Å². The highest BCUT2D eigenvalue weighted by atomic mass is 79.9. The lowest BCUT2D eigenvalue weighted by atomic mass is 10.1. The Morgan fingerprint density at radius 3 is 2.54 bits per heavy atom. The second-order valence-electron chi connectivity index (χ2n) is 6.21. The van der Waals surface area contributed by atoms with Gasteiger partial charge in [0.15, 0.2) is 17.0 Å². The summed E-state index contributed by atoms with van der Waals surface area (Å²) in [6, 6.07) is 7.35. The summed E-state index contributed by atoms with van der Waals surface area (Å²) in [6.45, 7) is 3.64. The van der Waals surface area contributed by atoms with Crippen LogP contribution in [-0.2, 0) is 6.18 Å². The molecule has 1 atom stereocenters. The van der Waals surface area contributed by atoms with E-state index < -0.39 is 17.8 Å². The van der Waals surface area contributed by atoms with E-state index in [0.29, 0.717) is 16.5 Å². The molecule has 1 aromatic carbocycles. The van der Waals surface area contributed by atoms with Crippen molar-refractivity contribution in [2.24, 2.45) is 0 Å². The molecule has 0 aliphatic rings. The van der Waals surface area contributed by atoms with E-state index in [2.05, 4.69) is 31.3 Å². The van der Waals surface area contributed by atoms with Crippen LogP contribution in [0.4, 0.5) is 13.2 Å². The third-order valence-corrected chi connectivity index (χ3v) is 5.04. The summed E-state index contributed by atoms with van der Waals surface area (Å²) in [5, 5.41) is 6.21. The van der Waals surface area contributed by atoms with Crippen molar-refractivity contribution in [2.75, 3.05) is 0 Å². The highest BCUT2D eigenvalue weighted by molar-refractivity contribution is 9.10. The van der Waals surface area contributed by atoms with Crippen LogP contribution in [0.5, 0.6) is 0 Å². The number of carbonyl (C=O) groups excluding carboxylic acids is 1. The van der Waals surface area contributed by atoms with Crippen LogP contribution < -0.4 is 5.32 Å². The zero-order valence-electron chi connectivity index (χ0n) is 14.8. The van der Waals surface area contributed by atoms with E-state index in [0.717, 1.165) is 10.5 Å². The fourth-order valence-electron chi connectivity index (χ4n) is 2.50. The summed E-state index contributed by atoms with van der Waals surface area (Å²) >= 11 is 9.48. The van der Waals surface area contributed by atoms with Gasteiger partial charge in [-0.1, -0.05) is 46.6 Å². The summed E-state index contributed by atoms with van der Waals surface area (Å²) in [4.78, 5) is 16.6. The van der Waals surface area contributed by atoms with Gasteiger partial charge in [0, 0.05) is 16.1 Å². The Kier molecular flexibility index (Phi) is 5.67. The van der Waals surface area contributed by atoms with Crippen molar-refractivity contribution in [1.82, 2.24) is 19.9 Å². The first-order valence-electron chi connectivity index (χ1n) is 8.35. The van der Waals surface area contributed by atoms with Crippen molar-refractivity contribution in [1.29, 1.82) is 0 Å². The Labute approximate surface area is 172 Å². The molecule has 3 rings (SSSR count). The number of halogens is 5. The first kappa shape index (κ1) is 20.6. The zero-order valence-corrected chi connectivity index (χ0v) is 17.2. The molecular formula is C18H15BrClF3N4O. The fraction of sp³-hybridized carbons (Fsp3) is 0.278. The molecule has 1 amide bonds. The normalized spacial score (nSPS) is 13.0. The van der Waals surface area contributed by atoms with Crippen LogP contribution in [-0.4, -0.2) is 26.5 Å². The van der Waals surface area contributed by atoms with Crippen molar-refractivity contribution in [3.8, 4) is 11.3 Å². The maximum Gasteiger partial charge on any atom is 0.433 e. The Balaban J connectivity index is 2.21. The minimum atomic E-state index is -4.72. The number of hydrogen-bond donors (Lipinski definition) is 1.